The second-order valence-electron chi connectivity index (χ2n) is 4.88. The van der Waals surface area contributed by atoms with Crippen molar-refractivity contribution in [3.05, 3.63) is 16.1 Å². The molecule has 18 heavy (non-hydrogen) atoms. The Morgan fingerprint density at radius 1 is 1.22 bits per heavy atom. The number of pyridine rings is 1. The molecule has 2 N–H and O–H groups in total. The molecule has 1 aromatic rings. The van der Waals surface area contributed by atoms with E-state index < -0.39 is 0 Å². The first-order valence-electron chi connectivity index (χ1n) is 6.42. The van der Waals surface area contributed by atoms with Crippen molar-refractivity contribution in [1.82, 2.24) is 4.98 Å². The minimum atomic E-state index is 0.392. The van der Waals surface area contributed by atoms with Crippen molar-refractivity contribution in [3.63, 3.8) is 0 Å². The highest BCUT2D eigenvalue weighted by Crippen LogP contribution is 2.32. The normalized spacial score (nSPS) is 17.8. The van der Waals surface area contributed by atoms with Crippen LogP contribution < -0.4 is 10.6 Å². The van der Waals surface area contributed by atoms with Gasteiger partial charge in [-0.25, -0.2) is 4.98 Å². The van der Waals surface area contributed by atoms with Crippen LogP contribution in [-0.2, 0) is 0 Å². The van der Waals surface area contributed by atoms with Gasteiger partial charge in [-0.2, -0.15) is 0 Å². The highest BCUT2D eigenvalue weighted by Gasteiger charge is 2.22. The largest absolute Gasteiger partial charge is 0.372 e. The molecule has 0 aromatic carbocycles. The number of rotatable bonds is 4. The zero-order chi connectivity index (χ0) is 13.1. The average molecular weight is 288 g/mol. The van der Waals surface area contributed by atoms with Gasteiger partial charge in [-0.05, 0) is 31.7 Å². The number of nitrogens with one attached hydrogen (secondary N) is 2. The number of anilines is 2. The summed E-state index contributed by atoms with van der Waals surface area (Å²) in [5.74, 6) is 2.09. The summed E-state index contributed by atoms with van der Waals surface area (Å²) in [6, 6.07) is 2.12. The molecule has 0 spiro atoms. The summed E-state index contributed by atoms with van der Waals surface area (Å²) in [5.41, 5.74) is 0. The summed E-state index contributed by atoms with van der Waals surface area (Å²) in [5, 5.41) is 7.49. The van der Waals surface area contributed by atoms with E-state index in [0.29, 0.717) is 27.7 Å². The smallest absolute Gasteiger partial charge is 0.147 e. The summed E-state index contributed by atoms with van der Waals surface area (Å²) in [6.07, 6.45) is 5.25. The second kappa shape index (κ2) is 5.98. The Kier molecular flexibility index (Phi) is 4.57. The third-order valence-electron chi connectivity index (χ3n) is 3.64. The lowest BCUT2D eigenvalue weighted by atomic mass is 10.00. The molecule has 5 heteroatoms. The SMILES string of the molecule is CNc1nc(NC(C)C2CCCC2)c(Cl)cc1Cl. The third-order valence-corrected chi connectivity index (χ3v) is 4.21. The monoisotopic (exact) mass is 287 g/mol. The predicted molar refractivity (Wildman–Crippen MR) is 78.8 cm³/mol. The topological polar surface area (TPSA) is 37.0 Å². The van der Waals surface area contributed by atoms with Gasteiger partial charge in [0, 0.05) is 13.1 Å². The van der Waals surface area contributed by atoms with Gasteiger partial charge in [0.1, 0.15) is 11.6 Å². The fourth-order valence-corrected chi connectivity index (χ4v) is 3.04. The summed E-state index contributed by atoms with van der Waals surface area (Å²) >= 11 is 12.2. The molecular weight excluding hydrogens is 269 g/mol. The summed E-state index contributed by atoms with van der Waals surface area (Å²) in [7, 11) is 1.80. The van der Waals surface area contributed by atoms with Crippen molar-refractivity contribution in [2.75, 3.05) is 17.7 Å². The van der Waals surface area contributed by atoms with Gasteiger partial charge >= 0.3 is 0 Å². The van der Waals surface area contributed by atoms with Gasteiger partial charge in [0.25, 0.3) is 0 Å². The molecule has 1 aliphatic carbocycles. The molecule has 1 atom stereocenters. The highest BCUT2D eigenvalue weighted by atomic mass is 35.5. The van der Waals surface area contributed by atoms with Gasteiger partial charge in [-0.3, -0.25) is 0 Å². The molecule has 1 saturated carbocycles. The zero-order valence-corrected chi connectivity index (χ0v) is 12.3. The van der Waals surface area contributed by atoms with Crippen molar-refractivity contribution in [3.8, 4) is 0 Å². The number of aromatic nitrogens is 1. The molecule has 3 nitrogen and oxygen atoms in total. The third kappa shape index (κ3) is 3.01. The molecule has 1 aromatic heterocycles. The molecule has 2 rings (SSSR count). The minimum absolute atomic E-state index is 0.392. The Balaban J connectivity index is 2.12. The molecule has 0 radical (unpaired) electrons. The van der Waals surface area contributed by atoms with Gasteiger partial charge in [-0.1, -0.05) is 36.0 Å². The van der Waals surface area contributed by atoms with E-state index in [9.17, 15) is 0 Å². The van der Waals surface area contributed by atoms with Crippen LogP contribution in [-0.4, -0.2) is 18.1 Å². The Labute approximate surface area is 118 Å². The lowest BCUT2D eigenvalue weighted by Crippen LogP contribution is -2.24. The standard InChI is InChI=1S/C13H19Cl2N3/c1-8(9-5-3-4-6-9)17-13-11(15)7-10(14)12(16-2)18-13/h7-9H,3-6H2,1-2H3,(H2,16,17,18). The Morgan fingerprint density at radius 2 is 1.83 bits per heavy atom. The fourth-order valence-electron chi connectivity index (χ4n) is 2.53. The maximum absolute atomic E-state index is 6.17. The first-order chi connectivity index (χ1) is 8.61. The number of nitrogens with zero attached hydrogens (tertiary/aromatic N) is 1. The average Bonchev–Trinajstić information content (AvgIpc) is 2.86. The van der Waals surface area contributed by atoms with Crippen LogP contribution in [0.1, 0.15) is 32.6 Å². The molecule has 0 amide bonds. The number of hydrogen-bond donors (Lipinski definition) is 2. The van der Waals surface area contributed by atoms with Gasteiger partial charge in [-0.15, -0.1) is 0 Å². The summed E-state index contributed by atoms with van der Waals surface area (Å²) in [4.78, 5) is 4.42. The highest BCUT2D eigenvalue weighted by molar-refractivity contribution is 6.37. The number of halogens is 2. The van der Waals surface area contributed by atoms with Crippen LogP contribution >= 0.6 is 23.2 Å². The van der Waals surface area contributed by atoms with Crippen LogP contribution in [0.15, 0.2) is 6.07 Å². The van der Waals surface area contributed by atoms with Crippen molar-refractivity contribution in [1.29, 1.82) is 0 Å². The molecule has 1 fully saturated rings. The Bertz CT molecular complexity index is 417. The van der Waals surface area contributed by atoms with Crippen molar-refractivity contribution >= 4 is 34.8 Å². The van der Waals surface area contributed by atoms with Crippen LogP contribution in [0.2, 0.25) is 10.0 Å². The van der Waals surface area contributed by atoms with E-state index in [4.69, 9.17) is 23.2 Å². The van der Waals surface area contributed by atoms with Gasteiger partial charge in [0.15, 0.2) is 0 Å². The molecule has 0 aliphatic heterocycles. The quantitative estimate of drug-likeness (QED) is 0.861. The first kappa shape index (κ1) is 13.8. The van der Waals surface area contributed by atoms with E-state index in [1.54, 1.807) is 13.1 Å². The zero-order valence-electron chi connectivity index (χ0n) is 10.8. The van der Waals surface area contributed by atoms with Crippen molar-refractivity contribution < 1.29 is 0 Å². The van der Waals surface area contributed by atoms with E-state index in [2.05, 4.69) is 22.5 Å². The molecule has 0 saturated heterocycles. The molecule has 0 bridgehead atoms. The number of hydrogen-bond acceptors (Lipinski definition) is 3. The molecular formula is C13H19Cl2N3. The summed E-state index contributed by atoms with van der Waals surface area (Å²) in [6.45, 7) is 2.20. The van der Waals surface area contributed by atoms with Crippen LogP contribution in [0.5, 0.6) is 0 Å². The maximum atomic E-state index is 6.17. The predicted octanol–water partition coefficient (Wildman–Crippen LogP) is 4.42. The van der Waals surface area contributed by atoms with Crippen molar-refractivity contribution in [2.24, 2.45) is 5.92 Å². The van der Waals surface area contributed by atoms with E-state index in [0.717, 1.165) is 5.92 Å². The Morgan fingerprint density at radius 3 is 2.44 bits per heavy atom. The van der Waals surface area contributed by atoms with E-state index in [1.807, 2.05) is 0 Å². The second-order valence-corrected chi connectivity index (χ2v) is 5.69. The Hall–Kier alpha value is -0.670. The van der Waals surface area contributed by atoms with Crippen LogP contribution in [0.25, 0.3) is 0 Å². The van der Waals surface area contributed by atoms with E-state index in [-0.39, 0.29) is 0 Å². The lowest BCUT2D eigenvalue weighted by molar-refractivity contribution is 0.481. The van der Waals surface area contributed by atoms with Crippen LogP contribution in [0, 0.1) is 5.92 Å². The molecule has 1 aliphatic rings. The van der Waals surface area contributed by atoms with Gasteiger partial charge in [0.05, 0.1) is 10.0 Å². The fraction of sp³-hybridized carbons (Fsp3) is 0.615. The van der Waals surface area contributed by atoms with Crippen LogP contribution in [0.3, 0.4) is 0 Å². The molecule has 100 valence electrons. The lowest BCUT2D eigenvalue weighted by Gasteiger charge is -2.22. The maximum Gasteiger partial charge on any atom is 0.147 e. The van der Waals surface area contributed by atoms with Crippen LogP contribution in [0.4, 0.5) is 11.6 Å². The molecule has 1 heterocycles. The van der Waals surface area contributed by atoms with Gasteiger partial charge in [0.2, 0.25) is 0 Å². The molecule has 1 unspecified atom stereocenters. The van der Waals surface area contributed by atoms with Crippen molar-refractivity contribution in [2.45, 2.75) is 38.6 Å². The minimum Gasteiger partial charge on any atom is -0.372 e. The first-order valence-corrected chi connectivity index (χ1v) is 7.17. The van der Waals surface area contributed by atoms with E-state index in [1.165, 1.54) is 25.7 Å². The van der Waals surface area contributed by atoms with Gasteiger partial charge < -0.3 is 10.6 Å². The van der Waals surface area contributed by atoms with E-state index >= 15 is 0 Å². The summed E-state index contributed by atoms with van der Waals surface area (Å²) < 4.78 is 0.